The van der Waals surface area contributed by atoms with Crippen molar-refractivity contribution in [2.24, 2.45) is 11.7 Å². The van der Waals surface area contributed by atoms with Crippen molar-refractivity contribution in [2.75, 3.05) is 7.05 Å². The van der Waals surface area contributed by atoms with Crippen LogP contribution in [-0.2, 0) is 0 Å². The normalized spacial score (nSPS) is 24.6. The van der Waals surface area contributed by atoms with Crippen LogP contribution in [0.25, 0.3) is 0 Å². The van der Waals surface area contributed by atoms with Gasteiger partial charge in [0.25, 0.3) is 0 Å². The predicted octanol–water partition coefficient (Wildman–Crippen LogP) is 3.91. The standard InChI is InChI=1S/C17H26N2S/c1-13-8-6-7-11-15(13)19(2)16(12-17(18)20)14-9-4-3-5-10-14/h3-5,9-10,13,15-16H,6-8,11-12H2,1-2H3,(H2,18,20). The van der Waals surface area contributed by atoms with Crippen molar-refractivity contribution in [3.63, 3.8) is 0 Å². The molecule has 1 aliphatic carbocycles. The van der Waals surface area contributed by atoms with Crippen molar-refractivity contribution in [1.82, 2.24) is 4.90 Å². The topological polar surface area (TPSA) is 29.3 Å². The van der Waals surface area contributed by atoms with Crippen LogP contribution in [0.1, 0.15) is 50.6 Å². The second-order valence-electron chi connectivity index (χ2n) is 6.09. The van der Waals surface area contributed by atoms with E-state index in [0.717, 1.165) is 12.3 Å². The van der Waals surface area contributed by atoms with Gasteiger partial charge in [-0.05, 0) is 31.4 Å². The summed E-state index contributed by atoms with van der Waals surface area (Å²) >= 11 is 5.17. The molecule has 1 aliphatic rings. The van der Waals surface area contributed by atoms with Gasteiger partial charge in [0.2, 0.25) is 0 Å². The number of rotatable bonds is 5. The lowest BCUT2D eigenvalue weighted by atomic mass is 9.83. The van der Waals surface area contributed by atoms with Gasteiger partial charge in [-0.25, -0.2) is 0 Å². The Kier molecular flexibility index (Phi) is 5.55. The van der Waals surface area contributed by atoms with Crippen LogP contribution in [0.3, 0.4) is 0 Å². The first kappa shape index (κ1) is 15.5. The fraction of sp³-hybridized carbons (Fsp3) is 0.588. The van der Waals surface area contributed by atoms with Gasteiger partial charge in [-0.2, -0.15) is 0 Å². The van der Waals surface area contributed by atoms with E-state index in [0.29, 0.717) is 17.1 Å². The molecule has 2 nitrogen and oxygen atoms in total. The van der Waals surface area contributed by atoms with Gasteiger partial charge in [0.1, 0.15) is 0 Å². The fourth-order valence-electron chi connectivity index (χ4n) is 3.50. The maximum atomic E-state index is 5.84. The molecular weight excluding hydrogens is 264 g/mol. The summed E-state index contributed by atoms with van der Waals surface area (Å²) in [5.74, 6) is 0.756. The second kappa shape index (κ2) is 7.19. The molecule has 0 saturated heterocycles. The lowest BCUT2D eigenvalue weighted by molar-refractivity contribution is 0.0988. The third-order valence-electron chi connectivity index (χ3n) is 4.66. The van der Waals surface area contributed by atoms with Crippen molar-refractivity contribution < 1.29 is 0 Å². The summed E-state index contributed by atoms with van der Waals surface area (Å²) in [5.41, 5.74) is 7.16. The van der Waals surface area contributed by atoms with E-state index >= 15 is 0 Å². The Morgan fingerprint density at radius 1 is 1.30 bits per heavy atom. The number of nitrogens with two attached hydrogens (primary N) is 1. The first-order chi connectivity index (χ1) is 9.59. The third-order valence-corrected chi connectivity index (χ3v) is 4.83. The summed E-state index contributed by atoms with van der Waals surface area (Å²) in [6, 6.07) is 11.6. The Morgan fingerprint density at radius 3 is 2.55 bits per heavy atom. The first-order valence-electron chi connectivity index (χ1n) is 7.64. The second-order valence-corrected chi connectivity index (χ2v) is 6.62. The third kappa shape index (κ3) is 3.80. The summed E-state index contributed by atoms with van der Waals surface area (Å²) in [6.07, 6.45) is 6.10. The molecule has 20 heavy (non-hydrogen) atoms. The highest BCUT2D eigenvalue weighted by Gasteiger charge is 2.30. The first-order valence-corrected chi connectivity index (χ1v) is 8.05. The van der Waals surface area contributed by atoms with Gasteiger partial charge in [-0.15, -0.1) is 0 Å². The number of hydrogen-bond donors (Lipinski definition) is 1. The number of nitrogens with zero attached hydrogens (tertiary/aromatic N) is 1. The smallest absolute Gasteiger partial charge is 0.0746 e. The largest absolute Gasteiger partial charge is 0.393 e. The number of hydrogen-bond acceptors (Lipinski definition) is 2. The van der Waals surface area contributed by atoms with Crippen LogP contribution in [0.4, 0.5) is 0 Å². The Morgan fingerprint density at radius 2 is 1.95 bits per heavy atom. The van der Waals surface area contributed by atoms with Crippen LogP contribution in [-0.4, -0.2) is 23.0 Å². The van der Waals surface area contributed by atoms with E-state index in [2.05, 4.69) is 49.2 Å². The zero-order valence-electron chi connectivity index (χ0n) is 12.6. The molecule has 3 unspecified atom stereocenters. The summed E-state index contributed by atoms with van der Waals surface area (Å²) in [5, 5.41) is 0. The minimum atomic E-state index is 0.305. The van der Waals surface area contributed by atoms with Gasteiger partial charge in [0, 0.05) is 18.5 Å². The molecular formula is C17H26N2S. The summed E-state index contributed by atoms with van der Waals surface area (Å²) in [7, 11) is 2.24. The lowest BCUT2D eigenvalue weighted by Crippen LogP contribution is -2.42. The minimum absolute atomic E-state index is 0.305. The van der Waals surface area contributed by atoms with Gasteiger partial charge in [-0.3, -0.25) is 4.90 Å². The van der Waals surface area contributed by atoms with E-state index in [-0.39, 0.29) is 0 Å². The van der Waals surface area contributed by atoms with Crippen LogP contribution < -0.4 is 5.73 Å². The van der Waals surface area contributed by atoms with E-state index in [1.54, 1.807) is 0 Å². The van der Waals surface area contributed by atoms with E-state index < -0.39 is 0 Å². The Bertz CT molecular complexity index is 432. The van der Waals surface area contributed by atoms with Crippen LogP contribution in [0, 0.1) is 5.92 Å². The Hall–Kier alpha value is -0.930. The van der Waals surface area contributed by atoms with Crippen LogP contribution in [0.2, 0.25) is 0 Å². The quantitative estimate of drug-likeness (QED) is 0.834. The van der Waals surface area contributed by atoms with Crippen molar-refractivity contribution in [2.45, 2.75) is 51.1 Å². The summed E-state index contributed by atoms with van der Waals surface area (Å²) in [6.45, 7) is 2.38. The van der Waals surface area contributed by atoms with Gasteiger partial charge in [-0.1, -0.05) is 62.3 Å². The minimum Gasteiger partial charge on any atom is -0.393 e. The zero-order valence-corrected chi connectivity index (χ0v) is 13.4. The molecule has 0 aliphatic heterocycles. The molecule has 1 aromatic rings. The number of thiocarbonyl (C=S) groups is 1. The van der Waals surface area contributed by atoms with E-state index in [9.17, 15) is 0 Å². The van der Waals surface area contributed by atoms with Gasteiger partial charge in [0.15, 0.2) is 0 Å². The number of benzene rings is 1. The highest BCUT2D eigenvalue weighted by Crippen LogP contribution is 2.33. The lowest BCUT2D eigenvalue weighted by Gasteiger charge is -2.41. The molecule has 1 fully saturated rings. The zero-order chi connectivity index (χ0) is 14.5. The average molecular weight is 290 g/mol. The average Bonchev–Trinajstić information content (AvgIpc) is 2.45. The summed E-state index contributed by atoms with van der Waals surface area (Å²) < 4.78 is 0. The Balaban J connectivity index is 2.19. The van der Waals surface area contributed by atoms with Crippen LogP contribution >= 0.6 is 12.2 Å². The molecule has 110 valence electrons. The molecule has 0 bridgehead atoms. The van der Waals surface area contributed by atoms with Gasteiger partial charge >= 0.3 is 0 Å². The van der Waals surface area contributed by atoms with Gasteiger partial charge in [0.05, 0.1) is 4.99 Å². The molecule has 3 atom stereocenters. The highest BCUT2D eigenvalue weighted by atomic mass is 32.1. The van der Waals surface area contributed by atoms with Crippen molar-refractivity contribution in [3.8, 4) is 0 Å². The molecule has 0 heterocycles. The molecule has 0 aromatic heterocycles. The van der Waals surface area contributed by atoms with E-state index in [1.807, 2.05) is 0 Å². The molecule has 0 amide bonds. The fourth-order valence-corrected chi connectivity index (χ4v) is 3.65. The molecule has 2 N–H and O–H groups in total. The van der Waals surface area contributed by atoms with Crippen LogP contribution in [0.15, 0.2) is 30.3 Å². The molecule has 3 heteroatoms. The maximum Gasteiger partial charge on any atom is 0.0746 e. The Labute approximate surface area is 128 Å². The predicted molar refractivity (Wildman–Crippen MR) is 89.8 cm³/mol. The maximum absolute atomic E-state index is 5.84. The molecule has 2 rings (SSSR count). The van der Waals surface area contributed by atoms with Crippen molar-refractivity contribution in [3.05, 3.63) is 35.9 Å². The van der Waals surface area contributed by atoms with Gasteiger partial charge < -0.3 is 5.73 Å². The van der Waals surface area contributed by atoms with E-state index in [4.69, 9.17) is 18.0 Å². The molecule has 0 spiro atoms. The molecule has 0 radical (unpaired) electrons. The SMILES string of the molecule is CC1CCCCC1N(C)C(CC(N)=S)c1ccccc1. The molecule has 1 aromatic carbocycles. The monoisotopic (exact) mass is 290 g/mol. The van der Waals surface area contributed by atoms with Crippen LogP contribution in [0.5, 0.6) is 0 Å². The van der Waals surface area contributed by atoms with E-state index in [1.165, 1.54) is 31.2 Å². The molecule has 1 saturated carbocycles. The van der Waals surface area contributed by atoms with Crippen molar-refractivity contribution >= 4 is 17.2 Å². The highest BCUT2D eigenvalue weighted by molar-refractivity contribution is 7.80. The summed E-state index contributed by atoms with van der Waals surface area (Å²) in [4.78, 5) is 3.12. The van der Waals surface area contributed by atoms with Crippen molar-refractivity contribution in [1.29, 1.82) is 0 Å².